The number of para-hydroxylation sites is 2. The number of nitrogens with one attached hydrogen (secondary N) is 1. The highest BCUT2D eigenvalue weighted by Gasteiger charge is 2.28. The maximum Gasteiger partial charge on any atom is 0.337 e. The summed E-state index contributed by atoms with van der Waals surface area (Å²) in [5.41, 5.74) is 8.04. The molecule has 208 valence electrons. The third-order valence-corrected chi connectivity index (χ3v) is 7.41. The number of carbonyl (C=O) groups excluding carboxylic acids is 1. The Bertz CT molecular complexity index is 1860. The van der Waals surface area contributed by atoms with Crippen LogP contribution in [-0.2, 0) is 17.9 Å². The minimum absolute atomic E-state index is 0.0214. The predicted octanol–water partition coefficient (Wildman–Crippen LogP) is 1.74. The molecule has 0 spiro atoms. The van der Waals surface area contributed by atoms with E-state index in [0.29, 0.717) is 35.1 Å². The molecular weight excluding hydrogens is 520 g/mol. The molecule has 1 unspecified atom stereocenters. The van der Waals surface area contributed by atoms with Crippen molar-refractivity contribution in [1.82, 2.24) is 18.7 Å². The molecule has 0 aliphatic carbocycles. The quantitative estimate of drug-likeness (QED) is 0.364. The normalized spacial score (nSPS) is 16.8. The van der Waals surface area contributed by atoms with Gasteiger partial charge >= 0.3 is 5.69 Å². The molecule has 0 bridgehead atoms. The Morgan fingerprint density at radius 2 is 1.83 bits per heavy atom. The number of nitrogens with zero attached hydrogens (tertiary/aromatic N) is 6. The van der Waals surface area contributed by atoms with Gasteiger partial charge in [0.25, 0.3) is 5.56 Å². The van der Waals surface area contributed by atoms with E-state index >= 15 is 0 Å². The van der Waals surface area contributed by atoms with Gasteiger partial charge in [0, 0.05) is 30.4 Å². The number of aliphatic imine (C=N–C) groups is 1. The summed E-state index contributed by atoms with van der Waals surface area (Å²) in [7, 11) is 0. The van der Waals surface area contributed by atoms with Gasteiger partial charge in [-0.05, 0) is 38.0 Å². The van der Waals surface area contributed by atoms with E-state index in [4.69, 9.17) is 10.7 Å². The molecule has 0 radical (unpaired) electrons. The number of nitrogens with two attached hydrogens (primary N) is 1. The first-order valence-corrected chi connectivity index (χ1v) is 13.6. The first-order chi connectivity index (χ1) is 20.0. The molecule has 2 aliphatic heterocycles. The Morgan fingerprint density at radius 3 is 2.61 bits per heavy atom. The number of fused-ring (bicyclic) bond motifs is 2. The highest BCUT2D eigenvalue weighted by molar-refractivity contribution is 6.10. The SMILES string of the molecule is CC#CCn1c(N2CCCC(N)C2)nc2c1c(=O)n(CC1=NCC(=O)Nc3ccccc31)c(=O)n2-c1ccccc1. The van der Waals surface area contributed by atoms with E-state index in [9.17, 15) is 14.4 Å². The van der Waals surface area contributed by atoms with Crippen molar-refractivity contribution in [2.45, 2.75) is 38.9 Å². The van der Waals surface area contributed by atoms with Gasteiger partial charge in [-0.2, -0.15) is 4.98 Å². The van der Waals surface area contributed by atoms with E-state index < -0.39 is 11.2 Å². The summed E-state index contributed by atoms with van der Waals surface area (Å²) in [5, 5.41) is 2.84. The molecule has 2 aliphatic rings. The second-order valence-corrected chi connectivity index (χ2v) is 10.1. The molecule has 41 heavy (non-hydrogen) atoms. The monoisotopic (exact) mass is 550 g/mol. The number of hydrogen-bond acceptors (Lipinski definition) is 7. The average Bonchev–Trinajstić information content (AvgIpc) is 3.27. The van der Waals surface area contributed by atoms with E-state index in [2.05, 4.69) is 27.0 Å². The maximum atomic E-state index is 14.3. The van der Waals surface area contributed by atoms with E-state index in [-0.39, 0.29) is 42.7 Å². The van der Waals surface area contributed by atoms with Gasteiger partial charge in [-0.25, -0.2) is 9.36 Å². The molecule has 1 fully saturated rings. The van der Waals surface area contributed by atoms with Crippen LogP contribution in [0.5, 0.6) is 0 Å². The van der Waals surface area contributed by atoms with E-state index in [1.54, 1.807) is 29.7 Å². The van der Waals surface area contributed by atoms with Gasteiger partial charge in [0.05, 0.1) is 24.5 Å². The number of anilines is 2. The summed E-state index contributed by atoms with van der Waals surface area (Å²) in [6.07, 6.45) is 1.81. The zero-order valence-electron chi connectivity index (χ0n) is 22.7. The lowest BCUT2D eigenvalue weighted by Crippen LogP contribution is -2.44. The van der Waals surface area contributed by atoms with Crippen LogP contribution in [0.3, 0.4) is 0 Å². The lowest BCUT2D eigenvalue weighted by atomic mass is 10.1. The van der Waals surface area contributed by atoms with Crippen LogP contribution >= 0.6 is 0 Å². The molecule has 4 aromatic rings. The van der Waals surface area contributed by atoms with Gasteiger partial charge in [0.1, 0.15) is 6.54 Å². The van der Waals surface area contributed by atoms with Crippen LogP contribution in [0.15, 0.2) is 69.2 Å². The van der Waals surface area contributed by atoms with Gasteiger partial charge in [0.2, 0.25) is 11.9 Å². The van der Waals surface area contributed by atoms with Crippen molar-refractivity contribution >= 4 is 34.4 Å². The second kappa shape index (κ2) is 10.9. The fraction of sp³-hybridized carbons (Fsp3) is 0.300. The van der Waals surface area contributed by atoms with E-state index in [1.807, 2.05) is 36.4 Å². The van der Waals surface area contributed by atoms with Crippen LogP contribution in [0.2, 0.25) is 0 Å². The minimum Gasteiger partial charge on any atom is -0.341 e. The predicted molar refractivity (Wildman–Crippen MR) is 159 cm³/mol. The number of benzodiazepines with no additional fused rings is 1. The van der Waals surface area contributed by atoms with Gasteiger partial charge < -0.3 is 16.0 Å². The largest absolute Gasteiger partial charge is 0.341 e. The average molecular weight is 551 g/mol. The molecule has 11 nitrogen and oxygen atoms in total. The van der Waals surface area contributed by atoms with Crippen LogP contribution in [0.4, 0.5) is 11.6 Å². The summed E-state index contributed by atoms with van der Waals surface area (Å²) >= 11 is 0. The lowest BCUT2D eigenvalue weighted by Gasteiger charge is -2.31. The molecular formula is C30H30N8O3. The zero-order chi connectivity index (χ0) is 28.5. The maximum absolute atomic E-state index is 14.3. The molecule has 11 heteroatoms. The number of aromatic nitrogens is 4. The molecule has 1 atom stereocenters. The van der Waals surface area contributed by atoms with Crippen molar-refractivity contribution in [3.63, 3.8) is 0 Å². The molecule has 4 heterocycles. The number of carbonyl (C=O) groups is 1. The van der Waals surface area contributed by atoms with Crippen LogP contribution < -0.4 is 27.2 Å². The highest BCUT2D eigenvalue weighted by atomic mass is 16.2. The minimum atomic E-state index is -0.550. The molecule has 2 aromatic heterocycles. The molecule has 1 saturated heterocycles. The third-order valence-electron chi connectivity index (χ3n) is 7.41. The summed E-state index contributed by atoms with van der Waals surface area (Å²) < 4.78 is 4.42. The van der Waals surface area contributed by atoms with Crippen molar-refractivity contribution in [3.05, 3.63) is 81.0 Å². The summed E-state index contributed by atoms with van der Waals surface area (Å²) in [6.45, 7) is 3.04. The summed E-state index contributed by atoms with van der Waals surface area (Å²) in [5.74, 6) is 6.28. The highest BCUT2D eigenvalue weighted by Crippen LogP contribution is 2.25. The Kier molecular flexibility index (Phi) is 6.99. The van der Waals surface area contributed by atoms with Gasteiger partial charge in [-0.3, -0.25) is 23.7 Å². The van der Waals surface area contributed by atoms with Crippen LogP contribution in [0.1, 0.15) is 25.3 Å². The van der Waals surface area contributed by atoms with E-state index in [0.717, 1.165) is 19.4 Å². The van der Waals surface area contributed by atoms with Gasteiger partial charge in [-0.1, -0.05) is 42.3 Å². The smallest absolute Gasteiger partial charge is 0.337 e. The number of hydrogen-bond donors (Lipinski definition) is 2. The van der Waals surface area contributed by atoms with Crippen LogP contribution in [0.25, 0.3) is 16.9 Å². The molecule has 0 saturated carbocycles. The van der Waals surface area contributed by atoms with Crippen molar-refractivity contribution in [3.8, 4) is 17.5 Å². The molecule has 3 N–H and O–H groups in total. The van der Waals surface area contributed by atoms with Crippen molar-refractivity contribution in [2.75, 3.05) is 29.9 Å². The van der Waals surface area contributed by atoms with Crippen LogP contribution in [-0.4, -0.2) is 56.0 Å². The number of amides is 1. The van der Waals surface area contributed by atoms with Crippen molar-refractivity contribution in [1.29, 1.82) is 0 Å². The summed E-state index contributed by atoms with van der Waals surface area (Å²) in [6, 6.07) is 16.3. The van der Waals surface area contributed by atoms with Gasteiger partial charge in [0.15, 0.2) is 11.2 Å². The van der Waals surface area contributed by atoms with Crippen molar-refractivity contribution in [2.24, 2.45) is 10.7 Å². The number of imidazole rings is 1. The number of benzene rings is 2. The third kappa shape index (κ3) is 4.83. The standard InChI is InChI=1S/C30H30N8O3/c1-2-3-16-36-26-27(34-29(36)35-15-9-10-20(31)18-35)38(21-11-5-4-6-12-21)30(41)37(28(26)40)19-24-22-13-7-8-14-23(22)33-25(39)17-32-24/h4-8,11-14,20H,9-10,15-19,31H2,1H3,(H,33,39). The Hall–Kier alpha value is -4.95. The van der Waals surface area contributed by atoms with Gasteiger partial charge in [-0.15, -0.1) is 5.92 Å². The Balaban J connectivity index is 1.62. The molecule has 1 amide bonds. The first kappa shape index (κ1) is 26.3. The summed E-state index contributed by atoms with van der Waals surface area (Å²) in [4.78, 5) is 52.2. The fourth-order valence-electron chi connectivity index (χ4n) is 5.48. The molecule has 2 aromatic carbocycles. The Labute approximate surface area is 235 Å². The Morgan fingerprint density at radius 1 is 1.05 bits per heavy atom. The fourth-order valence-corrected chi connectivity index (χ4v) is 5.48. The van der Waals surface area contributed by atoms with Crippen molar-refractivity contribution < 1.29 is 4.79 Å². The van der Waals surface area contributed by atoms with E-state index in [1.165, 1.54) is 9.13 Å². The topological polar surface area (TPSA) is 133 Å². The zero-order valence-corrected chi connectivity index (χ0v) is 22.7. The molecule has 6 rings (SSSR count). The number of piperidine rings is 1. The van der Waals surface area contributed by atoms with Crippen LogP contribution in [0, 0.1) is 11.8 Å². The first-order valence-electron chi connectivity index (χ1n) is 13.6. The number of rotatable bonds is 5. The second-order valence-electron chi connectivity index (χ2n) is 10.1. The lowest BCUT2D eigenvalue weighted by molar-refractivity contribution is -0.114.